The van der Waals surface area contributed by atoms with Crippen LogP contribution in [0.2, 0.25) is 0 Å². The molecule has 4 aromatic rings. The summed E-state index contributed by atoms with van der Waals surface area (Å²) >= 11 is 0. The molecule has 1 saturated heterocycles. The van der Waals surface area contributed by atoms with Crippen LogP contribution in [0.15, 0.2) is 30.5 Å². The summed E-state index contributed by atoms with van der Waals surface area (Å²) in [6.45, 7) is 12.1. The number of carbonyl (C=O) groups excluding carboxylic acids is 3. The van der Waals surface area contributed by atoms with Crippen molar-refractivity contribution >= 4 is 52.2 Å². The summed E-state index contributed by atoms with van der Waals surface area (Å²) in [5.74, 6) is 1.27. The number of ether oxygens (including phenoxy) is 1. The molecule has 3 aromatic heterocycles. The Kier molecular flexibility index (Phi) is 8.25. The third-order valence-corrected chi connectivity index (χ3v) is 7.67. The smallest absolute Gasteiger partial charge is 0.407 e. The normalized spacial score (nSPS) is 14.3. The molecule has 0 radical (unpaired) electrons. The Hall–Kier alpha value is -4.68. The minimum atomic E-state index is -0.560. The number of nitrogen functional groups attached to an aromatic ring is 1. The molecule has 0 saturated carbocycles. The fraction of sp³-hybridized carbons (Fsp3) is 0.467. The van der Waals surface area contributed by atoms with Crippen molar-refractivity contribution in [3.63, 3.8) is 0 Å². The standard InChI is InChI=1S/C30H39N9O4/c1-6-38-22-9-8-19(28(41)36-14-11-20(12-15-36)33-29(42)43-30(3,4)5)16-23(22)39(7-2)24(38)17-37(18-40)27-25(31)35-26-21(34-27)10-13-32-26/h8-10,13,16,18,20H,6-7,11-12,14-15,17H2,1-5H3,(H3-,31,32,33,34,35,42)/p+1. The number of anilines is 2. The molecule has 13 heteroatoms. The van der Waals surface area contributed by atoms with E-state index < -0.39 is 11.7 Å². The van der Waals surface area contributed by atoms with Crippen molar-refractivity contribution in [3.8, 4) is 0 Å². The summed E-state index contributed by atoms with van der Waals surface area (Å²) < 4.78 is 9.62. The van der Waals surface area contributed by atoms with Gasteiger partial charge in [0, 0.05) is 37.0 Å². The van der Waals surface area contributed by atoms with Gasteiger partial charge in [-0.25, -0.2) is 23.9 Å². The Morgan fingerprint density at radius 1 is 1.21 bits per heavy atom. The predicted octanol–water partition coefficient (Wildman–Crippen LogP) is 3.11. The highest BCUT2D eigenvalue weighted by Crippen LogP contribution is 2.25. The molecule has 228 valence electrons. The first-order valence-corrected chi connectivity index (χ1v) is 14.7. The second-order valence-electron chi connectivity index (χ2n) is 11.7. The number of aromatic nitrogens is 5. The van der Waals surface area contributed by atoms with Gasteiger partial charge in [-0.3, -0.25) is 14.5 Å². The highest BCUT2D eigenvalue weighted by molar-refractivity contribution is 5.97. The Morgan fingerprint density at radius 3 is 2.60 bits per heavy atom. The summed E-state index contributed by atoms with van der Waals surface area (Å²) in [7, 11) is 0. The summed E-state index contributed by atoms with van der Waals surface area (Å²) in [5.41, 5.74) is 9.26. The van der Waals surface area contributed by atoms with Crippen molar-refractivity contribution in [2.75, 3.05) is 23.7 Å². The Morgan fingerprint density at radius 2 is 1.95 bits per heavy atom. The third-order valence-electron chi connectivity index (χ3n) is 7.67. The number of hydrogen-bond donors (Lipinski definition) is 3. The van der Waals surface area contributed by atoms with Gasteiger partial charge >= 0.3 is 6.09 Å². The van der Waals surface area contributed by atoms with Crippen LogP contribution in [-0.4, -0.2) is 67.6 Å². The molecule has 0 spiro atoms. The monoisotopic (exact) mass is 590 g/mol. The van der Waals surface area contributed by atoms with Crippen LogP contribution >= 0.6 is 0 Å². The topological polar surface area (TPSA) is 155 Å². The average molecular weight is 591 g/mol. The van der Waals surface area contributed by atoms with E-state index in [4.69, 9.17) is 10.5 Å². The van der Waals surface area contributed by atoms with Crippen LogP contribution < -0.4 is 20.5 Å². The lowest BCUT2D eigenvalue weighted by atomic mass is 10.0. The molecule has 3 amide bonds. The number of alkyl carbamates (subject to hydrolysis) is 1. The zero-order valence-corrected chi connectivity index (χ0v) is 25.4. The number of nitrogens with two attached hydrogens (primary N) is 1. The third kappa shape index (κ3) is 6.11. The lowest BCUT2D eigenvalue weighted by Crippen LogP contribution is -2.47. The van der Waals surface area contributed by atoms with E-state index in [0.29, 0.717) is 62.2 Å². The van der Waals surface area contributed by atoms with E-state index in [2.05, 4.69) is 29.4 Å². The maximum atomic E-state index is 13.6. The predicted molar refractivity (Wildman–Crippen MR) is 162 cm³/mol. The van der Waals surface area contributed by atoms with Crippen LogP contribution in [0.1, 0.15) is 63.6 Å². The number of aryl methyl sites for hydroxylation is 2. The van der Waals surface area contributed by atoms with Gasteiger partial charge in [-0.2, -0.15) is 0 Å². The zero-order valence-electron chi connectivity index (χ0n) is 25.4. The highest BCUT2D eigenvalue weighted by Gasteiger charge is 2.30. The van der Waals surface area contributed by atoms with Gasteiger partial charge in [-0.15, -0.1) is 0 Å². The number of rotatable bonds is 8. The van der Waals surface area contributed by atoms with E-state index >= 15 is 0 Å². The molecule has 0 aliphatic carbocycles. The number of likely N-dealkylation sites (tertiary alicyclic amines) is 1. The second-order valence-corrected chi connectivity index (χ2v) is 11.7. The van der Waals surface area contributed by atoms with Gasteiger partial charge in [0.2, 0.25) is 6.41 Å². The number of H-pyrrole nitrogens is 1. The number of aromatic amines is 1. The number of fused-ring (bicyclic) bond motifs is 2. The lowest BCUT2D eigenvalue weighted by molar-refractivity contribution is -0.676. The Bertz CT molecular complexity index is 1660. The molecular weight excluding hydrogens is 550 g/mol. The number of imidazole rings is 1. The van der Waals surface area contributed by atoms with Crippen LogP contribution in [0, 0.1) is 0 Å². The van der Waals surface area contributed by atoms with E-state index in [0.717, 1.165) is 16.9 Å². The molecule has 1 aromatic carbocycles. The first-order chi connectivity index (χ1) is 20.5. The van der Waals surface area contributed by atoms with Crippen LogP contribution in [0.3, 0.4) is 0 Å². The van der Waals surface area contributed by atoms with E-state index in [-0.39, 0.29) is 30.1 Å². The number of nitrogens with zero attached hydrogens (tertiary/aromatic N) is 6. The summed E-state index contributed by atoms with van der Waals surface area (Å²) in [4.78, 5) is 53.2. The maximum absolute atomic E-state index is 13.6. The first kappa shape index (κ1) is 29.8. The van der Waals surface area contributed by atoms with E-state index in [1.165, 1.54) is 4.90 Å². The fourth-order valence-electron chi connectivity index (χ4n) is 5.68. The molecule has 0 unspecified atom stereocenters. The molecule has 1 aliphatic rings. The number of piperidine rings is 1. The van der Waals surface area contributed by atoms with Gasteiger partial charge < -0.3 is 25.7 Å². The number of carbonyl (C=O) groups is 3. The van der Waals surface area contributed by atoms with E-state index in [1.54, 1.807) is 12.3 Å². The minimum absolute atomic E-state index is 0.0396. The van der Waals surface area contributed by atoms with Crippen LogP contribution in [-0.2, 0) is 29.2 Å². The van der Waals surface area contributed by atoms with Crippen molar-refractivity contribution in [3.05, 3.63) is 41.9 Å². The fourth-order valence-corrected chi connectivity index (χ4v) is 5.68. The molecular formula is C30H40N9O4+. The molecule has 1 fully saturated rings. The molecule has 5 rings (SSSR count). The maximum Gasteiger partial charge on any atom is 0.407 e. The van der Waals surface area contributed by atoms with Crippen molar-refractivity contribution in [1.29, 1.82) is 0 Å². The largest absolute Gasteiger partial charge is 0.444 e. The van der Waals surface area contributed by atoms with Crippen LogP contribution in [0.4, 0.5) is 16.4 Å². The number of benzene rings is 1. The van der Waals surface area contributed by atoms with E-state index in [9.17, 15) is 14.4 Å². The molecule has 1 aliphatic heterocycles. The van der Waals surface area contributed by atoms with Gasteiger partial charge in [0.1, 0.15) is 17.7 Å². The lowest BCUT2D eigenvalue weighted by Gasteiger charge is -2.33. The van der Waals surface area contributed by atoms with Crippen LogP contribution in [0.25, 0.3) is 22.2 Å². The minimum Gasteiger partial charge on any atom is -0.444 e. The van der Waals surface area contributed by atoms with Crippen molar-refractivity contribution in [2.24, 2.45) is 0 Å². The highest BCUT2D eigenvalue weighted by atomic mass is 16.6. The molecule has 4 heterocycles. The van der Waals surface area contributed by atoms with Gasteiger partial charge in [-0.05, 0) is 65.7 Å². The molecule has 43 heavy (non-hydrogen) atoms. The quantitative estimate of drug-likeness (QED) is 0.210. The average Bonchev–Trinajstić information content (AvgIpc) is 3.54. The molecule has 4 N–H and O–H groups in total. The number of amides is 3. The summed E-state index contributed by atoms with van der Waals surface area (Å²) in [6, 6.07) is 7.48. The Labute approximate surface area is 250 Å². The molecule has 0 bridgehead atoms. The summed E-state index contributed by atoms with van der Waals surface area (Å²) in [6.07, 6.45) is 3.31. The first-order valence-electron chi connectivity index (χ1n) is 14.7. The van der Waals surface area contributed by atoms with Gasteiger partial charge in [0.15, 0.2) is 28.3 Å². The number of hydrogen-bond acceptors (Lipinski definition) is 7. The Balaban J connectivity index is 1.37. The molecule has 13 nitrogen and oxygen atoms in total. The van der Waals surface area contributed by atoms with Crippen molar-refractivity contribution in [2.45, 2.75) is 78.7 Å². The van der Waals surface area contributed by atoms with Crippen molar-refractivity contribution in [1.82, 2.24) is 29.7 Å². The second kappa shape index (κ2) is 11.9. The van der Waals surface area contributed by atoms with Gasteiger partial charge in [0.25, 0.3) is 11.7 Å². The zero-order chi connectivity index (χ0) is 30.9. The summed E-state index contributed by atoms with van der Waals surface area (Å²) in [5, 5.41) is 2.92. The van der Waals surface area contributed by atoms with Crippen LogP contribution in [0.5, 0.6) is 0 Å². The van der Waals surface area contributed by atoms with E-state index in [1.807, 2.05) is 57.7 Å². The van der Waals surface area contributed by atoms with Gasteiger partial charge in [0.05, 0.1) is 13.1 Å². The van der Waals surface area contributed by atoms with Crippen molar-refractivity contribution < 1.29 is 23.7 Å². The number of nitrogens with one attached hydrogen (secondary N) is 2. The molecule has 0 atom stereocenters. The van der Waals surface area contributed by atoms with Gasteiger partial charge in [-0.1, -0.05) is 0 Å². The SMILES string of the molecule is CCn1c(CN(C=O)c2nc3cc[nH]c3nc2N)[n+](CC)c2ccc(C(=O)N3CCC(NC(=O)OC(C)(C)C)CC3)cc21.